The lowest BCUT2D eigenvalue weighted by Crippen LogP contribution is -2.30. The van der Waals surface area contributed by atoms with E-state index >= 15 is 0 Å². The summed E-state index contributed by atoms with van der Waals surface area (Å²) >= 11 is 0. The predicted molar refractivity (Wildman–Crippen MR) is 106 cm³/mol. The van der Waals surface area contributed by atoms with Crippen molar-refractivity contribution < 1.29 is 22.5 Å². The zero-order chi connectivity index (χ0) is 19.7. The van der Waals surface area contributed by atoms with Gasteiger partial charge in [0.15, 0.2) is 0 Å². The normalized spacial score (nSPS) is 11.8. The smallest absolute Gasteiger partial charge is 0.306 e. The van der Waals surface area contributed by atoms with Gasteiger partial charge in [0.2, 0.25) is 0 Å². The van der Waals surface area contributed by atoms with Gasteiger partial charge in [0.05, 0.1) is 19.3 Å². The van der Waals surface area contributed by atoms with E-state index in [1.54, 1.807) is 0 Å². The van der Waals surface area contributed by atoms with Crippen molar-refractivity contribution in [3.63, 3.8) is 0 Å². The third kappa shape index (κ3) is 18.1. The molecule has 0 unspecified atom stereocenters. The molecule has 0 aliphatic rings. The number of esters is 1. The molecule has 1 N–H and O–H groups in total. The number of methoxy groups -OCH3 is 1. The molecule has 0 amide bonds. The Kier molecular flexibility index (Phi) is 16.1. The number of rotatable bonds is 18. The van der Waals surface area contributed by atoms with E-state index in [2.05, 4.69) is 16.6 Å². The van der Waals surface area contributed by atoms with E-state index in [0.717, 1.165) is 19.4 Å². The fourth-order valence-corrected chi connectivity index (χ4v) is 3.47. The zero-order valence-corrected chi connectivity index (χ0v) is 17.6. The number of unbranched alkanes of at least 4 members (excludes halogenated alkanes) is 9. The molecule has 0 heterocycles. The molecule has 0 atom stereocenters. The Bertz CT molecular complexity index is 439. The molecule has 0 aliphatic carbocycles. The van der Waals surface area contributed by atoms with E-state index in [0.29, 0.717) is 25.9 Å². The van der Waals surface area contributed by atoms with Crippen LogP contribution in [0.5, 0.6) is 0 Å². The Labute approximate surface area is 160 Å². The van der Waals surface area contributed by atoms with Crippen molar-refractivity contribution in [3.8, 4) is 0 Å². The molecule has 0 aromatic rings. The van der Waals surface area contributed by atoms with Crippen molar-refractivity contribution in [2.75, 3.05) is 32.5 Å². The maximum atomic E-state index is 11.3. The quantitative estimate of drug-likeness (QED) is 0.215. The molecule has 0 aliphatic heterocycles. The van der Waals surface area contributed by atoms with Crippen molar-refractivity contribution >= 4 is 16.1 Å². The second kappa shape index (κ2) is 16.5. The maximum Gasteiger partial charge on any atom is 0.306 e. The number of hydrogen-bond acceptors (Lipinski definition) is 5. The summed E-state index contributed by atoms with van der Waals surface area (Å²) < 4.78 is 35.2. The Morgan fingerprint density at radius 1 is 0.846 bits per heavy atom. The van der Waals surface area contributed by atoms with Crippen LogP contribution in [-0.2, 0) is 19.6 Å². The van der Waals surface area contributed by atoms with Gasteiger partial charge in [0.25, 0.3) is 10.1 Å². The van der Waals surface area contributed by atoms with Crippen LogP contribution in [0.3, 0.4) is 0 Å². The first-order valence-electron chi connectivity index (χ1n) is 10.1. The van der Waals surface area contributed by atoms with Crippen molar-refractivity contribution in [2.45, 2.75) is 84.0 Å². The van der Waals surface area contributed by atoms with E-state index in [-0.39, 0.29) is 11.7 Å². The van der Waals surface area contributed by atoms with Gasteiger partial charge in [-0.2, -0.15) is 8.42 Å². The van der Waals surface area contributed by atoms with Gasteiger partial charge in [-0.05, 0) is 25.9 Å². The van der Waals surface area contributed by atoms with Crippen LogP contribution in [0.15, 0.2) is 0 Å². The minimum atomic E-state index is -3.92. The van der Waals surface area contributed by atoms with E-state index in [9.17, 15) is 13.2 Å². The Morgan fingerprint density at radius 3 is 1.85 bits per heavy atom. The Hall–Kier alpha value is -0.660. The van der Waals surface area contributed by atoms with Crippen molar-refractivity contribution in [1.82, 2.24) is 4.90 Å². The monoisotopic (exact) mass is 393 g/mol. The van der Waals surface area contributed by atoms with Crippen LogP contribution < -0.4 is 0 Å². The van der Waals surface area contributed by atoms with Gasteiger partial charge in [-0.1, -0.05) is 64.7 Å². The van der Waals surface area contributed by atoms with Gasteiger partial charge in [0.1, 0.15) is 0 Å². The van der Waals surface area contributed by atoms with Gasteiger partial charge in [-0.15, -0.1) is 0 Å². The first-order valence-corrected chi connectivity index (χ1v) is 11.7. The second-order valence-corrected chi connectivity index (χ2v) is 8.56. The third-order valence-corrected chi connectivity index (χ3v) is 5.37. The highest BCUT2D eigenvalue weighted by molar-refractivity contribution is 7.85. The average Bonchev–Trinajstić information content (AvgIpc) is 2.59. The van der Waals surface area contributed by atoms with Gasteiger partial charge in [-0.25, -0.2) is 0 Å². The molecule has 0 radical (unpaired) electrons. The van der Waals surface area contributed by atoms with Crippen molar-refractivity contribution in [2.24, 2.45) is 0 Å². The minimum absolute atomic E-state index is 0.236. The molecule has 0 aromatic carbocycles. The van der Waals surface area contributed by atoms with Crippen LogP contribution in [0.25, 0.3) is 0 Å². The molecule has 7 heteroatoms. The summed E-state index contributed by atoms with van der Waals surface area (Å²) in [5, 5.41) is 0. The second-order valence-electron chi connectivity index (χ2n) is 6.99. The van der Waals surface area contributed by atoms with Crippen LogP contribution in [0.1, 0.15) is 84.0 Å². The predicted octanol–water partition coefficient (Wildman–Crippen LogP) is 4.05. The third-order valence-electron chi connectivity index (χ3n) is 4.56. The van der Waals surface area contributed by atoms with Gasteiger partial charge in [-0.3, -0.25) is 9.35 Å². The number of carbonyl (C=O) groups excluding carboxylic acids is 1. The number of nitrogens with zero attached hydrogens (tertiary/aromatic N) is 1. The van der Waals surface area contributed by atoms with E-state index in [4.69, 9.17) is 4.55 Å². The summed E-state index contributed by atoms with van der Waals surface area (Å²) in [4.78, 5) is 13.4. The Balaban J connectivity index is 3.85. The topological polar surface area (TPSA) is 83.9 Å². The molecule has 0 saturated heterocycles. The summed E-state index contributed by atoms with van der Waals surface area (Å²) in [6, 6.07) is 0. The summed E-state index contributed by atoms with van der Waals surface area (Å²) in [6.45, 7) is 4.21. The van der Waals surface area contributed by atoms with Gasteiger partial charge in [0, 0.05) is 6.54 Å². The molecule has 0 saturated carbocycles. The molecule has 0 bridgehead atoms. The largest absolute Gasteiger partial charge is 0.469 e. The van der Waals surface area contributed by atoms with Gasteiger partial charge < -0.3 is 9.64 Å². The fourth-order valence-electron chi connectivity index (χ4n) is 2.98. The minimum Gasteiger partial charge on any atom is -0.469 e. The summed E-state index contributed by atoms with van der Waals surface area (Å²) in [5.41, 5.74) is 0. The zero-order valence-electron chi connectivity index (χ0n) is 16.7. The fraction of sp³-hybridized carbons (Fsp3) is 0.947. The molecule has 6 nitrogen and oxygen atoms in total. The lowest BCUT2D eigenvalue weighted by atomic mass is 10.1. The highest BCUT2D eigenvalue weighted by Gasteiger charge is 2.11. The molecular weight excluding hydrogens is 354 g/mol. The van der Waals surface area contributed by atoms with Crippen LogP contribution in [0, 0.1) is 0 Å². The Morgan fingerprint density at radius 2 is 1.35 bits per heavy atom. The molecule has 0 aromatic heterocycles. The van der Waals surface area contributed by atoms with Crippen molar-refractivity contribution in [1.29, 1.82) is 0 Å². The summed E-state index contributed by atoms with van der Waals surface area (Å²) in [7, 11) is -2.55. The van der Waals surface area contributed by atoms with Crippen LogP contribution in [0.2, 0.25) is 0 Å². The van der Waals surface area contributed by atoms with Gasteiger partial charge >= 0.3 is 5.97 Å². The maximum absolute atomic E-state index is 11.3. The molecule has 0 rings (SSSR count). The van der Waals surface area contributed by atoms with Crippen LogP contribution >= 0.6 is 0 Å². The van der Waals surface area contributed by atoms with Crippen LogP contribution in [-0.4, -0.2) is 56.3 Å². The highest BCUT2D eigenvalue weighted by atomic mass is 32.2. The number of ether oxygens (including phenoxy) is 1. The molecule has 26 heavy (non-hydrogen) atoms. The first-order chi connectivity index (χ1) is 12.4. The van der Waals surface area contributed by atoms with E-state index in [1.807, 2.05) is 0 Å². The van der Waals surface area contributed by atoms with E-state index < -0.39 is 10.1 Å². The molecule has 156 valence electrons. The molecule has 0 spiro atoms. The molecular formula is C19H39NO5S. The van der Waals surface area contributed by atoms with E-state index in [1.165, 1.54) is 58.5 Å². The molecule has 0 fully saturated rings. The SMILES string of the molecule is CCCCCCCCCCCCN(CCCS(=O)(=O)O)CCC(=O)OC. The first kappa shape index (κ1) is 25.3. The lowest BCUT2D eigenvalue weighted by Gasteiger charge is -2.21. The standard InChI is InChI=1S/C19H39NO5S/c1-3-4-5-6-7-8-9-10-11-12-15-20(17-14-19(21)25-2)16-13-18-26(22,23)24/h3-18H2,1-2H3,(H,22,23,24). The van der Waals surface area contributed by atoms with Crippen LogP contribution in [0.4, 0.5) is 0 Å². The average molecular weight is 394 g/mol. The van der Waals surface area contributed by atoms with Crippen molar-refractivity contribution in [3.05, 3.63) is 0 Å². The highest BCUT2D eigenvalue weighted by Crippen LogP contribution is 2.11. The lowest BCUT2D eigenvalue weighted by molar-refractivity contribution is -0.141. The number of carbonyl (C=O) groups is 1. The summed E-state index contributed by atoms with van der Waals surface area (Å²) in [6.07, 6.45) is 13.4. The summed E-state index contributed by atoms with van der Waals surface area (Å²) in [5.74, 6) is -0.493. The number of hydrogen-bond donors (Lipinski definition) is 1.